The first-order valence-corrected chi connectivity index (χ1v) is 12.8. The normalized spacial score (nSPS) is 29.4. The van der Waals surface area contributed by atoms with Crippen molar-refractivity contribution in [2.24, 2.45) is 0 Å². The van der Waals surface area contributed by atoms with E-state index in [9.17, 15) is 4.79 Å². The molecule has 2 saturated heterocycles. The Labute approximate surface area is 187 Å². The van der Waals surface area contributed by atoms with E-state index in [1.165, 1.54) is 0 Å². The quantitative estimate of drug-likeness (QED) is 0.503. The molecule has 3 aliphatic heterocycles. The third-order valence-electron chi connectivity index (χ3n) is 6.29. The molecule has 0 aromatic heterocycles. The van der Waals surface area contributed by atoms with E-state index in [0.29, 0.717) is 22.6 Å². The van der Waals surface area contributed by atoms with Crippen LogP contribution in [0.3, 0.4) is 0 Å². The van der Waals surface area contributed by atoms with Crippen molar-refractivity contribution in [1.29, 1.82) is 0 Å². The average Bonchev–Trinajstić information content (AvgIpc) is 3.14. The SMILES string of the molecule is CC1(C)O[P-]23(OC1=O)(OC(c1ccccc1)=C(c1ccccc1)O2)OC(C)(C)C(C)(C)O3. The number of carbonyl (C=O) groups is 1. The minimum atomic E-state index is -6.07. The van der Waals surface area contributed by atoms with Crippen molar-refractivity contribution < 1.29 is 31.9 Å². The fraction of sp³-hybridized carbons (Fsp3) is 0.375. The van der Waals surface area contributed by atoms with Crippen LogP contribution in [0.1, 0.15) is 52.7 Å². The summed E-state index contributed by atoms with van der Waals surface area (Å²) in [5.74, 6) is -0.0685. The molecule has 5 rings (SSSR count). The van der Waals surface area contributed by atoms with Gasteiger partial charge in [-0.3, -0.25) is 0 Å². The van der Waals surface area contributed by atoms with Crippen LogP contribution in [0.4, 0.5) is 0 Å². The van der Waals surface area contributed by atoms with Gasteiger partial charge in [0.25, 0.3) is 0 Å². The monoisotopic (exact) mass is 459 g/mol. The molecule has 3 aliphatic rings. The fourth-order valence-corrected chi connectivity index (χ4v) is 9.76. The summed E-state index contributed by atoms with van der Waals surface area (Å²) in [7, 11) is -6.07. The van der Waals surface area contributed by atoms with E-state index in [-0.39, 0.29) is 0 Å². The summed E-state index contributed by atoms with van der Waals surface area (Å²) in [6.45, 7) is 10.4. The van der Waals surface area contributed by atoms with Gasteiger partial charge in [0.1, 0.15) is 0 Å². The topological polar surface area (TPSA) is 72.5 Å². The summed E-state index contributed by atoms with van der Waals surface area (Å²) in [5.41, 5.74) is -2.01. The second kappa shape index (κ2) is 5.72. The van der Waals surface area contributed by atoms with Crippen molar-refractivity contribution in [2.75, 3.05) is 0 Å². The molecule has 0 amide bonds. The van der Waals surface area contributed by atoms with Crippen LogP contribution < -0.4 is 0 Å². The van der Waals surface area contributed by atoms with Crippen molar-refractivity contribution in [3.05, 3.63) is 71.8 Å². The third kappa shape index (κ3) is 2.66. The van der Waals surface area contributed by atoms with Crippen LogP contribution in [-0.4, -0.2) is 22.8 Å². The van der Waals surface area contributed by atoms with Crippen LogP contribution in [0.2, 0.25) is 0 Å². The molecule has 32 heavy (non-hydrogen) atoms. The van der Waals surface area contributed by atoms with Crippen molar-refractivity contribution >= 4 is 24.8 Å². The fourth-order valence-electron chi connectivity index (χ4n) is 4.22. The molecule has 7 nitrogen and oxygen atoms in total. The van der Waals surface area contributed by atoms with Gasteiger partial charge in [0.2, 0.25) is 0 Å². The zero-order valence-corrected chi connectivity index (χ0v) is 20.0. The maximum atomic E-state index is 13.1. The number of hydrogen-bond donors (Lipinski definition) is 0. The number of benzene rings is 2. The molecule has 0 bridgehead atoms. The average molecular weight is 459 g/mol. The molecule has 2 fully saturated rings. The molecule has 0 saturated carbocycles. The predicted octanol–water partition coefficient (Wildman–Crippen LogP) is 6.09. The Morgan fingerprint density at radius 2 is 1.00 bits per heavy atom. The second-order valence-electron chi connectivity index (χ2n) is 9.87. The molecule has 2 aromatic carbocycles. The van der Waals surface area contributed by atoms with Gasteiger partial charge >= 0.3 is 187 Å². The number of carbonyl (C=O) groups excluding carboxylic acids is 1. The van der Waals surface area contributed by atoms with E-state index >= 15 is 0 Å². The van der Waals surface area contributed by atoms with Crippen LogP contribution in [0.25, 0.3) is 11.5 Å². The predicted molar refractivity (Wildman–Crippen MR) is 120 cm³/mol. The molecule has 0 atom stereocenters. The molecule has 2 aromatic rings. The van der Waals surface area contributed by atoms with Gasteiger partial charge in [0.15, 0.2) is 0 Å². The zero-order chi connectivity index (χ0) is 23.1. The van der Waals surface area contributed by atoms with Crippen molar-refractivity contribution in [3.63, 3.8) is 0 Å². The van der Waals surface area contributed by atoms with Gasteiger partial charge in [-0.25, -0.2) is 0 Å². The number of hydrogen-bond acceptors (Lipinski definition) is 7. The molecule has 8 heteroatoms. The molecule has 172 valence electrons. The molecular formula is C24H28O7P-. The Hall–Kier alpha value is -2.44. The van der Waals surface area contributed by atoms with E-state index in [2.05, 4.69) is 0 Å². The summed E-state index contributed by atoms with van der Waals surface area (Å²) in [6, 6.07) is 18.8. The van der Waals surface area contributed by atoms with E-state index in [0.717, 1.165) is 0 Å². The van der Waals surface area contributed by atoms with Crippen LogP contribution in [0.15, 0.2) is 60.7 Å². The van der Waals surface area contributed by atoms with Crippen LogP contribution >= 0.6 is 7.31 Å². The van der Waals surface area contributed by atoms with Crippen molar-refractivity contribution in [1.82, 2.24) is 0 Å². The summed E-state index contributed by atoms with van der Waals surface area (Å²) in [5, 5.41) is 0. The Morgan fingerprint density at radius 3 is 1.34 bits per heavy atom. The molecule has 0 N–H and O–H groups in total. The summed E-state index contributed by atoms with van der Waals surface area (Å²) in [6.07, 6.45) is 0. The van der Waals surface area contributed by atoms with Gasteiger partial charge in [-0.1, -0.05) is 0 Å². The maximum absolute atomic E-state index is 13.1. The Balaban J connectivity index is 1.80. The standard InChI is InChI=1S/C24H28O7P/c1-22(2)21(25)28-32(29-22,30-23(3,4)24(5,6)31-32)26-19(17-13-9-7-10-14-17)20(27-32)18-15-11-8-12-16-18/h7-16H,1-6H3/q-1. The molecule has 0 radical (unpaired) electrons. The minimum absolute atomic E-state index is 0.311. The first-order chi connectivity index (χ1) is 14.8. The Morgan fingerprint density at radius 1 is 0.594 bits per heavy atom. The van der Waals surface area contributed by atoms with Gasteiger partial charge in [0, 0.05) is 0 Å². The molecular weight excluding hydrogens is 431 g/mol. The first-order valence-electron chi connectivity index (χ1n) is 10.6. The summed E-state index contributed by atoms with van der Waals surface area (Å²) >= 11 is 0. The second-order valence-corrected chi connectivity index (χ2v) is 13.2. The van der Waals surface area contributed by atoms with E-state index in [1.54, 1.807) is 13.8 Å². The first kappa shape index (κ1) is 21.4. The van der Waals surface area contributed by atoms with Crippen molar-refractivity contribution in [2.45, 2.75) is 58.3 Å². The van der Waals surface area contributed by atoms with Gasteiger partial charge in [-0.2, -0.15) is 0 Å². The number of rotatable bonds is 2. The van der Waals surface area contributed by atoms with E-state index in [1.807, 2.05) is 88.4 Å². The van der Waals surface area contributed by atoms with Crippen molar-refractivity contribution in [3.8, 4) is 0 Å². The molecule has 0 aliphatic carbocycles. The third-order valence-corrected chi connectivity index (χ3v) is 10.4. The van der Waals surface area contributed by atoms with Gasteiger partial charge in [0.05, 0.1) is 0 Å². The zero-order valence-electron chi connectivity index (χ0n) is 19.1. The molecule has 3 heterocycles. The van der Waals surface area contributed by atoms with Gasteiger partial charge < -0.3 is 0 Å². The summed E-state index contributed by atoms with van der Waals surface area (Å²) < 4.78 is 38.5. The van der Waals surface area contributed by atoms with Crippen LogP contribution in [-0.2, 0) is 31.9 Å². The van der Waals surface area contributed by atoms with Gasteiger partial charge in [-0.05, 0) is 0 Å². The Kier molecular flexibility index (Phi) is 3.83. The molecule has 1 spiro atoms. The summed E-state index contributed by atoms with van der Waals surface area (Å²) in [4.78, 5) is 13.1. The van der Waals surface area contributed by atoms with Gasteiger partial charge in [-0.15, -0.1) is 0 Å². The van der Waals surface area contributed by atoms with E-state index < -0.39 is 30.1 Å². The Bertz CT molecular complexity index is 1090. The van der Waals surface area contributed by atoms with Crippen LogP contribution in [0, 0.1) is 0 Å². The van der Waals surface area contributed by atoms with E-state index in [4.69, 9.17) is 27.1 Å². The molecule has 0 unspecified atom stereocenters. The van der Waals surface area contributed by atoms with Crippen LogP contribution in [0.5, 0.6) is 0 Å².